The molecule has 0 fully saturated rings. The number of halogens is 1. The molecule has 1 aromatic carbocycles. The molecule has 4 heteroatoms. The van der Waals surface area contributed by atoms with E-state index in [-0.39, 0.29) is 11.9 Å². The minimum atomic E-state index is -0.690. The number of thiophene rings is 1. The lowest BCUT2D eigenvalue weighted by Crippen LogP contribution is -2.25. The summed E-state index contributed by atoms with van der Waals surface area (Å²) in [5.41, 5.74) is 0.605. The Labute approximate surface area is 116 Å². The molecule has 2 unspecified atom stereocenters. The van der Waals surface area contributed by atoms with E-state index in [1.165, 1.54) is 17.0 Å². The molecule has 2 N–H and O–H groups in total. The number of nitrogens with one attached hydrogen (secondary N) is 1. The minimum absolute atomic E-state index is 0.239. The van der Waals surface area contributed by atoms with E-state index in [0.717, 1.165) is 6.42 Å². The third-order valence-corrected chi connectivity index (χ3v) is 4.07. The van der Waals surface area contributed by atoms with Gasteiger partial charge in [-0.15, -0.1) is 11.3 Å². The van der Waals surface area contributed by atoms with Crippen LogP contribution in [0, 0.1) is 5.82 Å². The van der Waals surface area contributed by atoms with Crippen LogP contribution in [0.25, 0.3) is 0 Å². The Bertz CT molecular complexity index is 501. The summed E-state index contributed by atoms with van der Waals surface area (Å²) >= 11 is 1.70. The second-order valence-electron chi connectivity index (χ2n) is 4.46. The van der Waals surface area contributed by atoms with Crippen molar-refractivity contribution in [2.24, 2.45) is 0 Å². The predicted octanol–water partition coefficient (Wildman–Crippen LogP) is 3.66. The van der Waals surface area contributed by atoms with Crippen molar-refractivity contribution in [2.75, 3.05) is 6.54 Å². The fourth-order valence-corrected chi connectivity index (χ4v) is 2.91. The van der Waals surface area contributed by atoms with Gasteiger partial charge >= 0.3 is 0 Å². The molecule has 0 saturated heterocycles. The van der Waals surface area contributed by atoms with Gasteiger partial charge in [-0.3, -0.25) is 0 Å². The summed E-state index contributed by atoms with van der Waals surface area (Å²) in [5.74, 6) is -0.318. The van der Waals surface area contributed by atoms with Gasteiger partial charge < -0.3 is 10.4 Å². The van der Waals surface area contributed by atoms with Crippen molar-refractivity contribution in [2.45, 2.75) is 25.5 Å². The highest BCUT2D eigenvalue weighted by atomic mass is 32.1. The summed E-state index contributed by atoms with van der Waals surface area (Å²) < 4.78 is 13.1. The molecule has 0 aliphatic rings. The van der Waals surface area contributed by atoms with E-state index in [1.807, 2.05) is 11.4 Å². The first-order chi connectivity index (χ1) is 9.20. The molecule has 19 heavy (non-hydrogen) atoms. The van der Waals surface area contributed by atoms with Gasteiger partial charge in [0.25, 0.3) is 0 Å². The monoisotopic (exact) mass is 279 g/mol. The molecule has 0 spiro atoms. The first-order valence-corrected chi connectivity index (χ1v) is 7.29. The summed E-state index contributed by atoms with van der Waals surface area (Å²) in [5, 5.41) is 15.4. The first kappa shape index (κ1) is 14.2. The van der Waals surface area contributed by atoms with Crippen LogP contribution in [0.3, 0.4) is 0 Å². The topological polar surface area (TPSA) is 32.3 Å². The Kier molecular flexibility index (Phi) is 5.07. The third-order valence-electron chi connectivity index (χ3n) is 3.09. The van der Waals surface area contributed by atoms with Gasteiger partial charge in [0.2, 0.25) is 0 Å². The van der Waals surface area contributed by atoms with Crippen LogP contribution in [-0.4, -0.2) is 11.7 Å². The fourth-order valence-electron chi connectivity index (χ4n) is 2.02. The molecule has 102 valence electrons. The standard InChI is InChI=1S/C15H18FNOS/c1-2-13(15-7-4-8-19-15)17-10-14(18)11-5-3-6-12(16)9-11/h3-9,13-14,17-18H,2,10H2,1H3. The molecular weight excluding hydrogens is 261 g/mol. The van der Waals surface area contributed by atoms with E-state index < -0.39 is 6.10 Å². The maximum Gasteiger partial charge on any atom is 0.123 e. The van der Waals surface area contributed by atoms with E-state index in [0.29, 0.717) is 12.1 Å². The van der Waals surface area contributed by atoms with Crippen LogP contribution in [0.1, 0.15) is 35.9 Å². The molecule has 2 atom stereocenters. The fraction of sp³-hybridized carbons (Fsp3) is 0.333. The maximum atomic E-state index is 13.1. The van der Waals surface area contributed by atoms with Crippen LogP contribution >= 0.6 is 11.3 Å². The Hall–Kier alpha value is -1.23. The van der Waals surface area contributed by atoms with Crippen LogP contribution in [-0.2, 0) is 0 Å². The molecule has 2 nitrogen and oxygen atoms in total. The highest BCUT2D eigenvalue weighted by Crippen LogP contribution is 2.22. The molecule has 2 rings (SSSR count). The van der Waals surface area contributed by atoms with Crippen molar-refractivity contribution in [3.05, 3.63) is 58.0 Å². The maximum absolute atomic E-state index is 13.1. The summed E-state index contributed by atoms with van der Waals surface area (Å²) in [6, 6.07) is 10.4. The average molecular weight is 279 g/mol. The SMILES string of the molecule is CCC(NCC(O)c1cccc(F)c1)c1cccs1. The van der Waals surface area contributed by atoms with E-state index in [4.69, 9.17) is 0 Å². The number of hydrogen-bond acceptors (Lipinski definition) is 3. The second kappa shape index (κ2) is 6.80. The molecule has 0 radical (unpaired) electrons. The van der Waals surface area contributed by atoms with E-state index in [1.54, 1.807) is 23.5 Å². The number of rotatable bonds is 6. The van der Waals surface area contributed by atoms with Crippen LogP contribution in [0.2, 0.25) is 0 Å². The van der Waals surface area contributed by atoms with Crippen LogP contribution in [0.5, 0.6) is 0 Å². The highest BCUT2D eigenvalue weighted by Gasteiger charge is 2.13. The van der Waals surface area contributed by atoms with E-state index >= 15 is 0 Å². The lowest BCUT2D eigenvalue weighted by molar-refractivity contribution is 0.169. The lowest BCUT2D eigenvalue weighted by Gasteiger charge is -2.18. The zero-order valence-corrected chi connectivity index (χ0v) is 11.7. The van der Waals surface area contributed by atoms with Crippen molar-refractivity contribution in [3.63, 3.8) is 0 Å². The number of hydrogen-bond donors (Lipinski definition) is 2. The average Bonchev–Trinajstić information content (AvgIpc) is 2.93. The van der Waals surface area contributed by atoms with Crippen molar-refractivity contribution >= 4 is 11.3 Å². The van der Waals surface area contributed by atoms with Crippen molar-refractivity contribution in [1.29, 1.82) is 0 Å². The Morgan fingerprint density at radius 1 is 1.32 bits per heavy atom. The molecule has 0 aliphatic heterocycles. The Morgan fingerprint density at radius 3 is 2.79 bits per heavy atom. The lowest BCUT2D eigenvalue weighted by atomic mass is 10.1. The molecule has 1 heterocycles. The zero-order chi connectivity index (χ0) is 13.7. The number of aliphatic hydroxyl groups excluding tert-OH is 1. The zero-order valence-electron chi connectivity index (χ0n) is 10.8. The third kappa shape index (κ3) is 3.86. The van der Waals surface area contributed by atoms with Gasteiger partial charge in [-0.2, -0.15) is 0 Å². The van der Waals surface area contributed by atoms with Gasteiger partial charge in [0.15, 0.2) is 0 Å². The largest absolute Gasteiger partial charge is 0.387 e. The van der Waals surface area contributed by atoms with E-state index in [9.17, 15) is 9.50 Å². The molecule has 1 aromatic heterocycles. The predicted molar refractivity (Wildman–Crippen MR) is 76.7 cm³/mol. The van der Waals surface area contributed by atoms with Gasteiger partial charge in [0.1, 0.15) is 5.82 Å². The first-order valence-electron chi connectivity index (χ1n) is 6.41. The van der Waals surface area contributed by atoms with Crippen molar-refractivity contribution in [1.82, 2.24) is 5.32 Å². The number of benzene rings is 1. The quantitative estimate of drug-likeness (QED) is 0.845. The van der Waals surface area contributed by atoms with E-state index in [2.05, 4.69) is 18.3 Å². The minimum Gasteiger partial charge on any atom is -0.387 e. The smallest absolute Gasteiger partial charge is 0.123 e. The van der Waals surface area contributed by atoms with Gasteiger partial charge in [0.05, 0.1) is 6.10 Å². The van der Waals surface area contributed by atoms with Gasteiger partial charge in [-0.25, -0.2) is 4.39 Å². The highest BCUT2D eigenvalue weighted by molar-refractivity contribution is 7.10. The summed E-state index contributed by atoms with van der Waals surface area (Å²) in [6.07, 6.45) is 0.265. The summed E-state index contributed by atoms with van der Waals surface area (Å²) in [6.45, 7) is 2.52. The number of aliphatic hydroxyl groups is 1. The summed E-state index contributed by atoms with van der Waals surface area (Å²) in [4.78, 5) is 1.26. The van der Waals surface area contributed by atoms with Gasteiger partial charge in [0, 0.05) is 17.5 Å². The second-order valence-corrected chi connectivity index (χ2v) is 5.43. The molecule has 2 aromatic rings. The Morgan fingerprint density at radius 2 is 2.16 bits per heavy atom. The van der Waals surface area contributed by atoms with Crippen LogP contribution in [0.15, 0.2) is 41.8 Å². The summed E-state index contributed by atoms with van der Waals surface area (Å²) in [7, 11) is 0. The molecular formula is C15H18FNOS. The molecule has 0 bridgehead atoms. The van der Waals surface area contributed by atoms with Gasteiger partial charge in [-0.05, 0) is 35.6 Å². The van der Waals surface area contributed by atoms with Crippen molar-refractivity contribution < 1.29 is 9.50 Å². The Balaban J connectivity index is 1.94. The van der Waals surface area contributed by atoms with Crippen LogP contribution < -0.4 is 5.32 Å². The van der Waals surface area contributed by atoms with Crippen molar-refractivity contribution in [3.8, 4) is 0 Å². The molecule has 0 amide bonds. The molecule has 0 saturated carbocycles. The molecule has 0 aliphatic carbocycles. The normalized spacial score (nSPS) is 14.3. The van der Waals surface area contributed by atoms with Crippen LogP contribution in [0.4, 0.5) is 4.39 Å². The van der Waals surface area contributed by atoms with Gasteiger partial charge in [-0.1, -0.05) is 25.1 Å².